The molecule has 3 N–H and O–H groups in total. The summed E-state index contributed by atoms with van der Waals surface area (Å²) in [6, 6.07) is -1.06. The SMILES string of the molecule is CC(NC(=O)CN1C(=O)NC(C)(C)C1=O)c1nn[nH]n1. The topological polar surface area (TPSA) is 133 Å². The highest BCUT2D eigenvalue weighted by molar-refractivity contribution is 6.08. The molecule has 1 aliphatic heterocycles. The second-order valence-corrected chi connectivity index (χ2v) is 5.01. The minimum atomic E-state index is -0.989. The molecule has 1 atom stereocenters. The summed E-state index contributed by atoms with van der Waals surface area (Å²) in [5, 5.41) is 18.2. The van der Waals surface area contributed by atoms with Crippen LogP contribution < -0.4 is 10.6 Å². The zero-order valence-corrected chi connectivity index (χ0v) is 11.3. The summed E-state index contributed by atoms with van der Waals surface area (Å²) in [6.45, 7) is 4.47. The van der Waals surface area contributed by atoms with Crippen LogP contribution in [0, 0.1) is 0 Å². The largest absolute Gasteiger partial charge is 0.345 e. The van der Waals surface area contributed by atoms with Crippen LogP contribution in [0.1, 0.15) is 32.6 Å². The molecule has 108 valence electrons. The summed E-state index contributed by atoms with van der Waals surface area (Å²) in [5.41, 5.74) is -0.989. The van der Waals surface area contributed by atoms with Crippen LogP contribution in [-0.4, -0.2) is 55.5 Å². The lowest BCUT2D eigenvalue weighted by atomic mass is 10.1. The minimum Gasteiger partial charge on any atom is -0.345 e. The Morgan fingerprint density at radius 2 is 2.15 bits per heavy atom. The molecule has 1 aromatic heterocycles. The van der Waals surface area contributed by atoms with Gasteiger partial charge in [-0.1, -0.05) is 5.21 Å². The van der Waals surface area contributed by atoms with Gasteiger partial charge in [-0.15, -0.1) is 10.2 Å². The van der Waals surface area contributed by atoms with E-state index in [0.29, 0.717) is 5.82 Å². The summed E-state index contributed by atoms with van der Waals surface area (Å²) in [7, 11) is 0. The number of rotatable bonds is 4. The minimum absolute atomic E-state index is 0.316. The fourth-order valence-corrected chi connectivity index (χ4v) is 1.81. The van der Waals surface area contributed by atoms with Crippen LogP contribution in [0.25, 0.3) is 0 Å². The Morgan fingerprint density at radius 3 is 2.65 bits per heavy atom. The molecule has 2 heterocycles. The number of aromatic amines is 1. The first-order chi connectivity index (χ1) is 9.31. The van der Waals surface area contributed by atoms with E-state index in [1.165, 1.54) is 0 Å². The number of nitrogens with one attached hydrogen (secondary N) is 3. The first-order valence-electron chi connectivity index (χ1n) is 5.98. The molecule has 2 rings (SSSR count). The van der Waals surface area contributed by atoms with Crippen LogP contribution in [0.2, 0.25) is 0 Å². The standard InChI is InChI=1S/C10H15N7O3/c1-5(7-13-15-16-14-7)11-6(18)4-17-8(19)10(2,3)12-9(17)20/h5H,4H2,1-3H3,(H,11,18)(H,12,20)(H,13,14,15,16). The van der Waals surface area contributed by atoms with Gasteiger partial charge in [-0.05, 0) is 20.8 Å². The predicted octanol–water partition coefficient (Wildman–Crippen LogP) is -1.29. The quantitative estimate of drug-likeness (QED) is 0.588. The number of H-pyrrole nitrogens is 1. The molecule has 10 nitrogen and oxygen atoms in total. The first-order valence-corrected chi connectivity index (χ1v) is 5.98. The third-order valence-corrected chi connectivity index (χ3v) is 2.87. The number of nitrogens with zero attached hydrogens (tertiary/aromatic N) is 4. The molecule has 1 unspecified atom stereocenters. The van der Waals surface area contributed by atoms with Crippen LogP contribution in [-0.2, 0) is 9.59 Å². The number of amides is 4. The second-order valence-electron chi connectivity index (χ2n) is 5.01. The van der Waals surface area contributed by atoms with Gasteiger partial charge in [-0.3, -0.25) is 14.5 Å². The number of urea groups is 1. The molecular formula is C10H15N7O3. The molecule has 0 aliphatic carbocycles. The third kappa shape index (κ3) is 2.58. The number of carbonyl (C=O) groups excluding carboxylic acids is 3. The van der Waals surface area contributed by atoms with Gasteiger partial charge in [0.05, 0.1) is 6.04 Å². The van der Waals surface area contributed by atoms with E-state index >= 15 is 0 Å². The van der Waals surface area contributed by atoms with Crippen LogP contribution >= 0.6 is 0 Å². The second kappa shape index (κ2) is 4.87. The van der Waals surface area contributed by atoms with Crippen molar-refractivity contribution in [2.75, 3.05) is 6.54 Å². The third-order valence-electron chi connectivity index (χ3n) is 2.87. The molecule has 20 heavy (non-hydrogen) atoms. The number of tetrazole rings is 1. The molecule has 1 saturated heterocycles. The van der Waals surface area contributed by atoms with Crippen molar-refractivity contribution < 1.29 is 14.4 Å². The number of aromatic nitrogens is 4. The number of imide groups is 1. The number of carbonyl (C=O) groups is 3. The van der Waals surface area contributed by atoms with Crippen molar-refractivity contribution in [3.8, 4) is 0 Å². The monoisotopic (exact) mass is 281 g/mol. The van der Waals surface area contributed by atoms with E-state index in [0.717, 1.165) is 4.90 Å². The molecule has 1 aromatic rings. The zero-order chi connectivity index (χ0) is 14.9. The van der Waals surface area contributed by atoms with E-state index in [1.54, 1.807) is 20.8 Å². The molecule has 4 amide bonds. The Kier molecular flexibility index (Phi) is 3.38. The van der Waals surface area contributed by atoms with Crippen LogP contribution in [0.3, 0.4) is 0 Å². The fraction of sp³-hybridized carbons (Fsp3) is 0.600. The van der Waals surface area contributed by atoms with E-state index in [4.69, 9.17) is 0 Å². The van der Waals surface area contributed by atoms with Crippen molar-refractivity contribution in [1.29, 1.82) is 0 Å². The Morgan fingerprint density at radius 1 is 1.45 bits per heavy atom. The molecule has 0 spiro atoms. The van der Waals surface area contributed by atoms with Gasteiger partial charge in [0.15, 0.2) is 5.82 Å². The summed E-state index contributed by atoms with van der Waals surface area (Å²) in [5.74, 6) is -0.607. The highest BCUT2D eigenvalue weighted by atomic mass is 16.2. The smallest absolute Gasteiger partial charge is 0.325 e. The molecule has 0 bridgehead atoms. The van der Waals surface area contributed by atoms with Crippen molar-refractivity contribution in [2.45, 2.75) is 32.4 Å². The Bertz CT molecular complexity index is 539. The zero-order valence-electron chi connectivity index (χ0n) is 11.3. The lowest BCUT2D eigenvalue weighted by Gasteiger charge is -2.16. The van der Waals surface area contributed by atoms with E-state index in [2.05, 4.69) is 31.3 Å². The van der Waals surface area contributed by atoms with E-state index < -0.39 is 29.4 Å². The Hall–Kier alpha value is -2.52. The number of hydrogen-bond donors (Lipinski definition) is 3. The number of hydrogen-bond acceptors (Lipinski definition) is 6. The van der Waals surface area contributed by atoms with Crippen molar-refractivity contribution in [3.63, 3.8) is 0 Å². The molecular weight excluding hydrogens is 266 g/mol. The maximum atomic E-state index is 11.9. The maximum Gasteiger partial charge on any atom is 0.325 e. The average Bonchev–Trinajstić information content (AvgIpc) is 2.93. The van der Waals surface area contributed by atoms with Gasteiger partial charge in [-0.25, -0.2) is 4.79 Å². The van der Waals surface area contributed by atoms with E-state index in [1.807, 2.05) is 0 Å². The highest BCUT2D eigenvalue weighted by Gasteiger charge is 2.44. The fourth-order valence-electron chi connectivity index (χ4n) is 1.81. The van der Waals surface area contributed by atoms with E-state index in [9.17, 15) is 14.4 Å². The molecule has 1 fully saturated rings. The molecule has 10 heteroatoms. The highest BCUT2D eigenvalue weighted by Crippen LogP contribution is 2.16. The lowest BCUT2D eigenvalue weighted by molar-refractivity contribution is -0.134. The van der Waals surface area contributed by atoms with Crippen molar-refractivity contribution in [3.05, 3.63) is 5.82 Å². The molecule has 0 saturated carbocycles. The summed E-state index contributed by atoms with van der Waals surface area (Å²) in [4.78, 5) is 36.2. The predicted molar refractivity (Wildman–Crippen MR) is 65.1 cm³/mol. The normalized spacial score (nSPS) is 18.9. The van der Waals surface area contributed by atoms with Gasteiger partial charge < -0.3 is 10.6 Å². The van der Waals surface area contributed by atoms with Crippen molar-refractivity contribution in [1.82, 2.24) is 36.2 Å². The van der Waals surface area contributed by atoms with Gasteiger partial charge in [-0.2, -0.15) is 5.21 Å². The van der Waals surface area contributed by atoms with Gasteiger partial charge in [0.25, 0.3) is 5.91 Å². The van der Waals surface area contributed by atoms with Gasteiger partial charge in [0.2, 0.25) is 5.91 Å². The molecule has 0 radical (unpaired) electrons. The van der Waals surface area contributed by atoms with E-state index in [-0.39, 0.29) is 6.54 Å². The average molecular weight is 281 g/mol. The molecule has 1 aliphatic rings. The van der Waals surface area contributed by atoms with Gasteiger partial charge >= 0.3 is 6.03 Å². The Balaban J connectivity index is 1.95. The van der Waals surface area contributed by atoms with Gasteiger partial charge in [0.1, 0.15) is 12.1 Å². The van der Waals surface area contributed by atoms with Crippen molar-refractivity contribution in [2.24, 2.45) is 0 Å². The van der Waals surface area contributed by atoms with Crippen LogP contribution in [0.5, 0.6) is 0 Å². The van der Waals surface area contributed by atoms with Crippen LogP contribution in [0.4, 0.5) is 4.79 Å². The maximum absolute atomic E-state index is 11.9. The lowest BCUT2D eigenvalue weighted by Crippen LogP contribution is -2.43. The molecule has 0 aromatic carbocycles. The van der Waals surface area contributed by atoms with Gasteiger partial charge in [0, 0.05) is 0 Å². The van der Waals surface area contributed by atoms with Crippen molar-refractivity contribution >= 4 is 17.8 Å². The Labute approximate surface area is 114 Å². The van der Waals surface area contributed by atoms with Crippen LogP contribution in [0.15, 0.2) is 0 Å². The first kappa shape index (κ1) is 13.9. The summed E-state index contributed by atoms with van der Waals surface area (Å²) < 4.78 is 0. The summed E-state index contributed by atoms with van der Waals surface area (Å²) >= 11 is 0. The summed E-state index contributed by atoms with van der Waals surface area (Å²) in [6.07, 6.45) is 0.